The van der Waals surface area contributed by atoms with E-state index in [2.05, 4.69) is 78.9 Å². The van der Waals surface area contributed by atoms with Crippen LogP contribution in [0.15, 0.2) is 36.4 Å². The Labute approximate surface area is 231 Å². The SMILES string of the molecule is CC(C)Cc1cccc(CC(C)C)c1[O-].CC(C)Cc1cccc(CC(C)C)c1[O-].CCCC[O][Al+2]. The van der Waals surface area contributed by atoms with Gasteiger partial charge < -0.3 is 10.2 Å². The van der Waals surface area contributed by atoms with Crippen LogP contribution in [0.25, 0.3) is 0 Å². The molecule has 36 heavy (non-hydrogen) atoms. The molecule has 0 aliphatic carbocycles. The fourth-order valence-corrected chi connectivity index (χ4v) is 4.07. The van der Waals surface area contributed by atoms with E-state index in [1.807, 2.05) is 36.4 Å². The van der Waals surface area contributed by atoms with Gasteiger partial charge in [0.1, 0.15) is 0 Å². The van der Waals surface area contributed by atoms with Crippen molar-refractivity contribution in [1.29, 1.82) is 0 Å². The van der Waals surface area contributed by atoms with E-state index in [1.54, 1.807) is 0 Å². The Bertz CT molecular complexity index is 702. The van der Waals surface area contributed by atoms with E-state index in [4.69, 9.17) is 3.79 Å². The average Bonchev–Trinajstić information content (AvgIpc) is 2.77. The fourth-order valence-electron chi connectivity index (χ4n) is 3.91. The molecule has 0 aliphatic heterocycles. The van der Waals surface area contributed by atoms with Crippen LogP contribution in [-0.2, 0) is 29.5 Å². The van der Waals surface area contributed by atoms with E-state index in [-0.39, 0.29) is 11.5 Å². The molecule has 0 spiro atoms. The van der Waals surface area contributed by atoms with Crippen LogP contribution in [0.1, 0.15) is 97.4 Å². The summed E-state index contributed by atoms with van der Waals surface area (Å²) in [4.78, 5) is 0. The predicted octanol–water partition coefficient (Wildman–Crippen LogP) is 7.20. The van der Waals surface area contributed by atoms with Gasteiger partial charge in [0.05, 0.1) is 0 Å². The summed E-state index contributed by atoms with van der Waals surface area (Å²) in [5.74, 6) is 2.72. The first-order chi connectivity index (χ1) is 16.9. The Kier molecular flexibility index (Phi) is 18.8. The molecule has 0 N–H and O–H groups in total. The summed E-state index contributed by atoms with van der Waals surface area (Å²) in [6.45, 7) is 20.2. The molecule has 2 aromatic rings. The fraction of sp³-hybridized carbons (Fsp3) is 0.625. The van der Waals surface area contributed by atoms with Crippen LogP contribution in [0.4, 0.5) is 0 Å². The van der Waals surface area contributed by atoms with Crippen molar-refractivity contribution in [3.8, 4) is 11.5 Å². The van der Waals surface area contributed by atoms with Crippen LogP contribution in [0, 0.1) is 23.7 Å². The molecule has 0 amide bonds. The van der Waals surface area contributed by atoms with Gasteiger partial charge in [-0.05, 0) is 49.4 Å². The van der Waals surface area contributed by atoms with Gasteiger partial charge in [-0.3, -0.25) is 0 Å². The minimum absolute atomic E-state index is 0.264. The molecule has 0 unspecified atom stereocenters. The summed E-state index contributed by atoms with van der Waals surface area (Å²) in [6.07, 6.45) is 5.96. The molecular formula is C32H51AlO3. The van der Waals surface area contributed by atoms with Crippen molar-refractivity contribution < 1.29 is 14.0 Å². The predicted molar refractivity (Wildman–Crippen MR) is 153 cm³/mol. The van der Waals surface area contributed by atoms with Gasteiger partial charge in [0, 0.05) is 0 Å². The maximum atomic E-state index is 12.0. The van der Waals surface area contributed by atoms with Crippen molar-refractivity contribution in [3.05, 3.63) is 58.7 Å². The first-order valence-electron chi connectivity index (χ1n) is 13.8. The number of hydrogen-bond donors (Lipinski definition) is 0. The standard InChI is InChI=1S/2C14H22O.C4H9O.Al/c2*1-10(2)8-12-6-5-7-13(14(12)15)9-11(3)4;1-2-3-4-5;/h2*5-7,10-11,15H,8-9H2,1-4H3;2-4H2,1H3;/q;;-1;+3/p-2. The van der Waals surface area contributed by atoms with Crippen molar-refractivity contribution in [1.82, 2.24) is 0 Å². The molecule has 2 aromatic carbocycles. The average molecular weight is 511 g/mol. The molecule has 0 atom stereocenters. The molecule has 200 valence electrons. The zero-order chi connectivity index (χ0) is 27.7. The summed E-state index contributed by atoms with van der Waals surface area (Å²) < 4.78 is 4.70. The molecule has 0 aromatic heterocycles. The van der Waals surface area contributed by atoms with Crippen LogP contribution in [0.3, 0.4) is 0 Å². The van der Waals surface area contributed by atoms with E-state index in [1.165, 1.54) is 12.8 Å². The molecular weight excluding hydrogens is 459 g/mol. The van der Waals surface area contributed by atoms with Crippen LogP contribution in [0.2, 0.25) is 0 Å². The van der Waals surface area contributed by atoms with Gasteiger partial charge in [-0.2, -0.15) is 0 Å². The second-order valence-corrected chi connectivity index (χ2v) is 11.8. The van der Waals surface area contributed by atoms with Gasteiger partial charge >= 0.3 is 46.8 Å². The number of benzene rings is 2. The molecule has 0 radical (unpaired) electrons. The Hall–Kier alpha value is -1.47. The van der Waals surface area contributed by atoms with Crippen molar-refractivity contribution >= 4 is 16.6 Å². The third-order valence-electron chi connectivity index (χ3n) is 5.48. The quantitative estimate of drug-likeness (QED) is 0.237. The summed E-state index contributed by atoms with van der Waals surface area (Å²) in [6, 6.07) is 11.9. The van der Waals surface area contributed by atoms with Crippen LogP contribution in [0.5, 0.6) is 11.5 Å². The second-order valence-electron chi connectivity index (χ2n) is 11.4. The minimum atomic E-state index is 0.264. The summed E-state index contributed by atoms with van der Waals surface area (Å²) in [5, 5.41) is 24.1. The van der Waals surface area contributed by atoms with Crippen molar-refractivity contribution in [2.45, 2.75) is 101 Å². The van der Waals surface area contributed by atoms with E-state index < -0.39 is 0 Å². The number of hydrogen-bond acceptors (Lipinski definition) is 3. The third-order valence-corrected chi connectivity index (χ3v) is 5.72. The molecule has 0 saturated heterocycles. The van der Waals surface area contributed by atoms with Gasteiger partial charge in [-0.15, -0.1) is 11.5 Å². The monoisotopic (exact) mass is 510 g/mol. The summed E-state index contributed by atoms with van der Waals surface area (Å²) >= 11 is 2.23. The third kappa shape index (κ3) is 15.6. The summed E-state index contributed by atoms with van der Waals surface area (Å²) in [5.41, 5.74) is 3.90. The van der Waals surface area contributed by atoms with Gasteiger partial charge in [0.15, 0.2) is 0 Å². The number of unbranched alkanes of at least 4 members (excludes halogenated alkanes) is 1. The van der Waals surface area contributed by atoms with E-state index in [9.17, 15) is 10.2 Å². The molecule has 0 fully saturated rings. The van der Waals surface area contributed by atoms with Gasteiger partial charge in [0.25, 0.3) is 0 Å². The second kappa shape index (κ2) is 19.6. The molecule has 0 bridgehead atoms. The van der Waals surface area contributed by atoms with Crippen LogP contribution >= 0.6 is 0 Å². The van der Waals surface area contributed by atoms with Crippen LogP contribution in [-0.4, -0.2) is 23.2 Å². The molecule has 4 heteroatoms. The normalized spacial score (nSPS) is 11.0. The van der Waals surface area contributed by atoms with E-state index in [0.717, 1.165) is 54.5 Å². The van der Waals surface area contributed by atoms with Gasteiger partial charge in [-0.25, -0.2) is 0 Å². The number of para-hydroxylation sites is 2. The Morgan fingerprint density at radius 2 is 0.889 bits per heavy atom. The maximum absolute atomic E-state index is 12.0. The Morgan fingerprint density at radius 1 is 0.611 bits per heavy atom. The van der Waals surface area contributed by atoms with Crippen molar-refractivity contribution in [2.75, 3.05) is 6.61 Å². The molecule has 0 aliphatic rings. The summed E-state index contributed by atoms with van der Waals surface area (Å²) in [7, 11) is 0. The zero-order valence-corrected chi connectivity index (χ0v) is 25.7. The van der Waals surface area contributed by atoms with Crippen LogP contribution < -0.4 is 10.2 Å². The van der Waals surface area contributed by atoms with E-state index >= 15 is 0 Å². The molecule has 0 saturated carbocycles. The number of rotatable bonds is 11. The Morgan fingerprint density at radius 3 is 1.06 bits per heavy atom. The molecule has 0 heterocycles. The Balaban J connectivity index is 0.000000558. The van der Waals surface area contributed by atoms with Crippen molar-refractivity contribution in [3.63, 3.8) is 0 Å². The molecule has 2 rings (SSSR count). The first kappa shape index (κ1) is 34.5. The van der Waals surface area contributed by atoms with Crippen molar-refractivity contribution in [2.24, 2.45) is 23.7 Å². The first-order valence-corrected chi connectivity index (χ1v) is 14.3. The topological polar surface area (TPSA) is 55.3 Å². The molecule has 3 nitrogen and oxygen atoms in total. The van der Waals surface area contributed by atoms with Gasteiger partial charge in [0.2, 0.25) is 0 Å². The van der Waals surface area contributed by atoms with Gasteiger partial charge in [-0.1, -0.05) is 114 Å². The van der Waals surface area contributed by atoms with E-state index in [0.29, 0.717) is 23.7 Å². The zero-order valence-electron chi connectivity index (χ0n) is 24.5.